The fourth-order valence-electron chi connectivity index (χ4n) is 5.11. The van der Waals surface area contributed by atoms with Crippen LogP contribution in [0, 0.1) is 32.6 Å². The molecule has 4 rings (SSSR count). The van der Waals surface area contributed by atoms with Crippen molar-refractivity contribution in [1.29, 1.82) is 0 Å². The molecule has 4 heteroatoms. The van der Waals surface area contributed by atoms with E-state index in [1.165, 1.54) is 0 Å². The molecule has 0 amide bonds. The van der Waals surface area contributed by atoms with Crippen LogP contribution in [0.25, 0.3) is 0 Å². The molecular weight excluding hydrogens is 320 g/mol. The Hall–Kier alpha value is -1.39. The summed E-state index contributed by atoms with van der Waals surface area (Å²) in [6, 6.07) is 4.13. The summed E-state index contributed by atoms with van der Waals surface area (Å²) in [4.78, 5) is 27.6. The molecule has 1 aromatic rings. The average molecular weight is 342 g/mol. The van der Waals surface area contributed by atoms with Crippen LogP contribution in [0.1, 0.15) is 35.1 Å². The summed E-state index contributed by atoms with van der Waals surface area (Å²) in [5.41, 5.74) is 3.53. The molecule has 0 N–H and O–H groups in total. The van der Waals surface area contributed by atoms with Crippen molar-refractivity contribution in [3.05, 3.63) is 45.4 Å². The molecule has 1 saturated heterocycles. The lowest BCUT2D eigenvalue weighted by molar-refractivity contribution is -0.128. The smallest absolute Gasteiger partial charge is 0.154 e. The fraction of sp³-hybridized carbons (Fsp3) is 0.500. The Labute approximate surface area is 146 Å². The van der Waals surface area contributed by atoms with Gasteiger partial charge in [-0.25, -0.2) is 0 Å². The molecule has 2 bridgehead atoms. The standard InChI is InChI=1S/C20H22O3S/c1-9-6-10(2)14(11(3)7-9)16-18(21)15-12-8-13(24-5)20(4,23-12)17(15)19(16)22/h6-8,12,15-17H,1-5H3/t12-,15+,16?,17-,20+/m0/s1. The van der Waals surface area contributed by atoms with E-state index in [0.717, 1.165) is 27.2 Å². The normalized spacial score (nSPS) is 37.1. The number of carbonyl (C=O) groups is 2. The minimum absolute atomic E-state index is 0.0460. The van der Waals surface area contributed by atoms with Gasteiger partial charge in [0.1, 0.15) is 11.5 Å². The zero-order valence-corrected chi connectivity index (χ0v) is 15.5. The van der Waals surface area contributed by atoms with Crippen LogP contribution in [0.15, 0.2) is 23.1 Å². The highest BCUT2D eigenvalue weighted by atomic mass is 32.2. The van der Waals surface area contributed by atoms with Crippen molar-refractivity contribution in [2.45, 2.75) is 45.3 Å². The van der Waals surface area contributed by atoms with Gasteiger partial charge < -0.3 is 4.74 Å². The van der Waals surface area contributed by atoms with Crippen LogP contribution >= 0.6 is 11.8 Å². The zero-order valence-electron chi connectivity index (χ0n) is 14.7. The van der Waals surface area contributed by atoms with Crippen LogP contribution in [0.4, 0.5) is 0 Å². The molecule has 2 aliphatic heterocycles. The maximum Gasteiger partial charge on any atom is 0.154 e. The summed E-state index contributed by atoms with van der Waals surface area (Å²) in [6.07, 6.45) is 3.81. The molecule has 2 fully saturated rings. The Kier molecular flexibility index (Phi) is 3.39. The van der Waals surface area contributed by atoms with Crippen molar-refractivity contribution in [3.8, 4) is 0 Å². The molecule has 24 heavy (non-hydrogen) atoms. The van der Waals surface area contributed by atoms with E-state index in [9.17, 15) is 9.59 Å². The highest BCUT2D eigenvalue weighted by Crippen LogP contribution is 2.59. The second-order valence-electron chi connectivity index (χ2n) is 7.48. The summed E-state index contributed by atoms with van der Waals surface area (Å²) in [6.45, 7) is 8.02. The second kappa shape index (κ2) is 5.06. The largest absolute Gasteiger partial charge is 0.361 e. The number of hydrogen-bond donors (Lipinski definition) is 0. The number of hydrogen-bond acceptors (Lipinski definition) is 4. The van der Waals surface area contributed by atoms with Crippen LogP contribution in [-0.2, 0) is 14.3 Å². The Bertz CT molecular complexity index is 786. The van der Waals surface area contributed by atoms with Crippen LogP contribution < -0.4 is 0 Å². The maximum absolute atomic E-state index is 13.3. The van der Waals surface area contributed by atoms with Gasteiger partial charge in [-0.15, -0.1) is 11.8 Å². The molecule has 2 heterocycles. The fourth-order valence-corrected chi connectivity index (χ4v) is 5.96. The summed E-state index contributed by atoms with van der Waals surface area (Å²) in [5, 5.41) is 0. The molecule has 0 radical (unpaired) electrons. The topological polar surface area (TPSA) is 43.4 Å². The summed E-state index contributed by atoms with van der Waals surface area (Å²) < 4.78 is 6.08. The third-order valence-corrected chi connectivity index (χ3v) is 6.92. The van der Waals surface area contributed by atoms with E-state index in [4.69, 9.17) is 4.74 Å². The van der Waals surface area contributed by atoms with Gasteiger partial charge in [-0.05, 0) is 56.7 Å². The first-order valence-corrected chi connectivity index (χ1v) is 9.61. The molecule has 5 atom stereocenters. The molecule has 0 aromatic heterocycles. The zero-order chi connectivity index (χ0) is 17.4. The average Bonchev–Trinajstić information content (AvgIpc) is 3.07. The monoisotopic (exact) mass is 342 g/mol. The Balaban J connectivity index is 1.82. The number of fused-ring (bicyclic) bond motifs is 5. The van der Waals surface area contributed by atoms with E-state index in [1.54, 1.807) is 11.8 Å². The minimum Gasteiger partial charge on any atom is -0.361 e. The van der Waals surface area contributed by atoms with Crippen LogP contribution in [0.3, 0.4) is 0 Å². The van der Waals surface area contributed by atoms with Gasteiger partial charge in [0, 0.05) is 4.91 Å². The first kappa shape index (κ1) is 16.1. The number of carbonyl (C=O) groups excluding carboxylic acids is 2. The lowest BCUT2D eigenvalue weighted by atomic mass is 9.77. The first-order chi connectivity index (χ1) is 11.3. The predicted molar refractivity (Wildman–Crippen MR) is 95.3 cm³/mol. The van der Waals surface area contributed by atoms with Gasteiger partial charge in [-0.1, -0.05) is 17.7 Å². The predicted octanol–water partition coefficient (Wildman–Crippen LogP) is 3.50. The Morgan fingerprint density at radius 1 is 1.08 bits per heavy atom. The summed E-state index contributed by atoms with van der Waals surface area (Å²) in [5.74, 6) is -1.19. The minimum atomic E-state index is -0.624. The lowest BCUT2D eigenvalue weighted by Crippen LogP contribution is -2.38. The number of ketones is 2. The van der Waals surface area contributed by atoms with Gasteiger partial charge in [0.15, 0.2) is 11.6 Å². The van der Waals surface area contributed by atoms with Crippen LogP contribution in [-0.4, -0.2) is 29.5 Å². The molecule has 1 aliphatic carbocycles. The third-order valence-electron chi connectivity index (χ3n) is 5.94. The lowest BCUT2D eigenvalue weighted by Gasteiger charge is -2.29. The molecule has 3 nitrogen and oxygen atoms in total. The van der Waals surface area contributed by atoms with E-state index < -0.39 is 11.5 Å². The first-order valence-electron chi connectivity index (χ1n) is 8.39. The van der Waals surface area contributed by atoms with Crippen LogP contribution in [0.5, 0.6) is 0 Å². The quantitative estimate of drug-likeness (QED) is 0.772. The van der Waals surface area contributed by atoms with Crippen LogP contribution in [0.2, 0.25) is 0 Å². The highest BCUT2D eigenvalue weighted by Gasteiger charge is 2.68. The van der Waals surface area contributed by atoms with Gasteiger partial charge in [0.25, 0.3) is 0 Å². The Morgan fingerprint density at radius 3 is 2.29 bits per heavy atom. The number of aryl methyl sites for hydroxylation is 3. The number of ether oxygens (including phenoxy) is 1. The number of thioether (sulfide) groups is 1. The van der Waals surface area contributed by atoms with E-state index in [-0.39, 0.29) is 29.5 Å². The van der Waals surface area contributed by atoms with Crippen molar-refractivity contribution in [3.63, 3.8) is 0 Å². The highest BCUT2D eigenvalue weighted by molar-refractivity contribution is 8.02. The van der Waals surface area contributed by atoms with Gasteiger partial charge in [0.05, 0.1) is 17.9 Å². The number of benzene rings is 1. The van der Waals surface area contributed by atoms with E-state index in [1.807, 2.05) is 40.0 Å². The molecule has 126 valence electrons. The van der Waals surface area contributed by atoms with Gasteiger partial charge in [-0.3, -0.25) is 9.59 Å². The molecule has 1 unspecified atom stereocenters. The van der Waals surface area contributed by atoms with E-state index in [2.05, 4.69) is 12.1 Å². The van der Waals surface area contributed by atoms with Crippen molar-refractivity contribution in [2.75, 3.05) is 6.26 Å². The molecule has 0 spiro atoms. The summed E-state index contributed by atoms with van der Waals surface area (Å²) >= 11 is 1.62. The third kappa shape index (κ3) is 1.84. The van der Waals surface area contributed by atoms with Gasteiger partial charge >= 0.3 is 0 Å². The molecular formula is C20H22O3S. The molecule has 3 aliphatic rings. The van der Waals surface area contributed by atoms with Gasteiger partial charge in [-0.2, -0.15) is 0 Å². The van der Waals surface area contributed by atoms with Crippen molar-refractivity contribution >= 4 is 23.3 Å². The maximum atomic E-state index is 13.3. The Morgan fingerprint density at radius 2 is 1.71 bits per heavy atom. The van der Waals surface area contributed by atoms with Gasteiger partial charge in [0.2, 0.25) is 0 Å². The molecule has 1 aromatic carbocycles. The number of rotatable bonds is 2. The van der Waals surface area contributed by atoms with E-state index >= 15 is 0 Å². The molecule has 1 saturated carbocycles. The van der Waals surface area contributed by atoms with Crippen molar-refractivity contribution in [2.24, 2.45) is 11.8 Å². The SMILES string of the molecule is CSC1=C[C@@H]2O[C@@]1(C)[C@@H]1C(=O)C(c3c(C)cc(C)cc3C)C(=O)[C@H]21. The van der Waals surface area contributed by atoms with Crippen molar-refractivity contribution in [1.82, 2.24) is 0 Å². The van der Waals surface area contributed by atoms with Crippen molar-refractivity contribution < 1.29 is 14.3 Å². The van der Waals surface area contributed by atoms with E-state index in [0.29, 0.717) is 0 Å². The second-order valence-corrected chi connectivity index (χ2v) is 8.33. The summed E-state index contributed by atoms with van der Waals surface area (Å²) in [7, 11) is 0. The number of Topliss-reactive ketones (excluding diaryl/α,β-unsaturated/α-hetero) is 2.